The van der Waals surface area contributed by atoms with Crippen LogP contribution in [0.4, 0.5) is 11.5 Å². The van der Waals surface area contributed by atoms with Crippen LogP contribution in [0.15, 0.2) is 18.3 Å². The predicted octanol–water partition coefficient (Wildman–Crippen LogP) is 0.658. The first-order valence-electron chi connectivity index (χ1n) is 5.54. The van der Waals surface area contributed by atoms with Crippen molar-refractivity contribution in [1.29, 1.82) is 0 Å². The Morgan fingerprint density at radius 1 is 1.53 bits per heavy atom. The summed E-state index contributed by atoms with van der Waals surface area (Å²) in [4.78, 5) is 15.0. The van der Waals surface area contributed by atoms with Crippen molar-refractivity contribution in [2.75, 3.05) is 17.6 Å². The molecule has 0 aliphatic heterocycles. The van der Waals surface area contributed by atoms with E-state index in [1.165, 1.54) is 6.20 Å². The van der Waals surface area contributed by atoms with Gasteiger partial charge in [-0.2, -0.15) is 0 Å². The number of aromatic nitrogens is 1. The van der Waals surface area contributed by atoms with Crippen LogP contribution in [0, 0.1) is 0 Å². The normalized spacial score (nSPS) is 12.1. The van der Waals surface area contributed by atoms with Crippen LogP contribution in [-0.2, 0) is 4.79 Å². The molecule has 1 aromatic heterocycles. The highest BCUT2D eigenvalue weighted by Gasteiger charge is 2.16. The summed E-state index contributed by atoms with van der Waals surface area (Å²) >= 11 is 0. The van der Waals surface area contributed by atoms with Crippen molar-refractivity contribution in [3.05, 3.63) is 18.3 Å². The van der Waals surface area contributed by atoms with Crippen LogP contribution < -0.4 is 16.8 Å². The molecule has 0 aliphatic carbocycles. The first-order chi connectivity index (χ1) is 8.13. The number of nitrogens with one attached hydrogen (secondary N) is 1. The number of rotatable bonds is 7. The Kier molecular flexibility index (Phi) is 5.22. The van der Waals surface area contributed by atoms with Crippen molar-refractivity contribution in [3.63, 3.8) is 0 Å². The smallest absolute Gasteiger partial charge is 0.326 e. The molecule has 0 saturated heterocycles. The Hall–Kier alpha value is -1.82. The van der Waals surface area contributed by atoms with Gasteiger partial charge in [-0.05, 0) is 31.9 Å². The number of nitrogens with zero attached hydrogens (tertiary/aromatic N) is 1. The summed E-state index contributed by atoms with van der Waals surface area (Å²) in [6.07, 6.45) is 3.64. The molecule has 0 unspecified atom stereocenters. The quantitative estimate of drug-likeness (QED) is 0.519. The molecular weight excluding hydrogens is 220 g/mol. The zero-order valence-electron chi connectivity index (χ0n) is 9.60. The van der Waals surface area contributed by atoms with Crippen molar-refractivity contribution >= 4 is 17.5 Å². The van der Waals surface area contributed by atoms with E-state index in [1.54, 1.807) is 12.1 Å². The van der Waals surface area contributed by atoms with Gasteiger partial charge in [-0.1, -0.05) is 0 Å². The fourth-order valence-corrected chi connectivity index (χ4v) is 1.45. The van der Waals surface area contributed by atoms with Gasteiger partial charge in [0.15, 0.2) is 0 Å². The molecule has 0 fully saturated rings. The second-order valence-electron chi connectivity index (χ2n) is 3.79. The maximum absolute atomic E-state index is 11.0. The number of carbonyl (C=O) groups is 1. The van der Waals surface area contributed by atoms with Gasteiger partial charge in [-0.25, -0.2) is 9.78 Å². The first kappa shape index (κ1) is 13.2. The van der Waals surface area contributed by atoms with E-state index in [0.717, 1.165) is 12.8 Å². The van der Waals surface area contributed by atoms with E-state index in [0.29, 0.717) is 24.5 Å². The number of anilines is 2. The van der Waals surface area contributed by atoms with Crippen molar-refractivity contribution in [2.45, 2.75) is 25.3 Å². The van der Waals surface area contributed by atoms with Crippen molar-refractivity contribution < 1.29 is 9.90 Å². The number of nitrogens with two attached hydrogens (primary N) is 2. The summed E-state index contributed by atoms with van der Waals surface area (Å²) in [6.45, 7) is 0.572. The minimum Gasteiger partial charge on any atom is -0.480 e. The van der Waals surface area contributed by atoms with Gasteiger partial charge >= 0.3 is 5.97 Å². The van der Waals surface area contributed by atoms with E-state index < -0.39 is 12.0 Å². The number of carboxylic acid groups (broad SMARTS) is 1. The number of hydrogen-bond donors (Lipinski definition) is 4. The Bertz CT molecular complexity index is 370. The van der Waals surface area contributed by atoms with Gasteiger partial charge in [0, 0.05) is 18.0 Å². The lowest BCUT2D eigenvalue weighted by atomic mass is 10.1. The zero-order chi connectivity index (χ0) is 12.7. The van der Waals surface area contributed by atoms with Gasteiger partial charge in [-0.3, -0.25) is 0 Å². The van der Waals surface area contributed by atoms with Gasteiger partial charge in [0.25, 0.3) is 0 Å². The molecule has 1 atom stereocenters. The molecule has 0 aliphatic rings. The van der Waals surface area contributed by atoms with Crippen LogP contribution in [0.1, 0.15) is 19.3 Å². The second kappa shape index (κ2) is 6.70. The van der Waals surface area contributed by atoms with Crippen LogP contribution in [0.3, 0.4) is 0 Å². The summed E-state index contributed by atoms with van der Waals surface area (Å²) in [6, 6.07) is 2.60. The van der Waals surface area contributed by atoms with Gasteiger partial charge in [-0.15, -0.1) is 0 Å². The van der Waals surface area contributed by atoms with E-state index in [4.69, 9.17) is 16.6 Å². The highest BCUT2D eigenvalue weighted by molar-refractivity contribution is 5.77. The van der Waals surface area contributed by atoms with E-state index in [9.17, 15) is 4.79 Å². The first-order valence-corrected chi connectivity index (χ1v) is 5.54. The third-order valence-corrected chi connectivity index (χ3v) is 2.35. The lowest BCUT2D eigenvalue weighted by molar-refractivity contribution is -0.138. The van der Waals surface area contributed by atoms with Gasteiger partial charge in [0.2, 0.25) is 0 Å². The van der Waals surface area contributed by atoms with Gasteiger partial charge < -0.3 is 21.9 Å². The molecule has 1 aromatic rings. The molecular formula is C11H18N4O2. The monoisotopic (exact) mass is 238 g/mol. The number of hydrogen-bond acceptors (Lipinski definition) is 5. The molecule has 17 heavy (non-hydrogen) atoms. The predicted molar refractivity (Wildman–Crippen MR) is 66.6 cm³/mol. The number of carboxylic acids is 1. The maximum Gasteiger partial charge on any atom is 0.326 e. The number of pyridine rings is 1. The molecule has 1 rings (SSSR count). The number of aliphatic carboxylic acids is 1. The summed E-state index contributed by atoms with van der Waals surface area (Å²) in [5.74, 6) is -0.420. The fourth-order valence-electron chi connectivity index (χ4n) is 1.45. The largest absolute Gasteiger partial charge is 0.480 e. The molecule has 0 spiro atoms. The topological polar surface area (TPSA) is 114 Å². The highest BCUT2D eigenvalue weighted by atomic mass is 16.4. The minimum absolute atomic E-state index is 0.477. The molecule has 0 bridgehead atoms. The van der Waals surface area contributed by atoms with E-state index in [-0.39, 0.29) is 0 Å². The van der Waals surface area contributed by atoms with Gasteiger partial charge in [0.1, 0.15) is 11.9 Å². The van der Waals surface area contributed by atoms with Crippen molar-refractivity contribution in [1.82, 2.24) is 4.98 Å². The second-order valence-corrected chi connectivity index (χ2v) is 3.79. The standard InChI is InChI=1S/C11H18N4O2/c12-5-2-1-3-9(11(16)17)15-10-7-8(13)4-6-14-10/h4,6-7,9H,1-3,5,12H2,(H,16,17)(H3,13,14,15)/t9-/m0/s1. The summed E-state index contributed by atoms with van der Waals surface area (Å²) < 4.78 is 0. The van der Waals surface area contributed by atoms with Crippen LogP contribution >= 0.6 is 0 Å². The average Bonchev–Trinajstić information content (AvgIpc) is 2.28. The zero-order valence-corrected chi connectivity index (χ0v) is 9.60. The Labute approximate surface area is 100 Å². The fraction of sp³-hybridized carbons (Fsp3) is 0.455. The Morgan fingerprint density at radius 2 is 2.29 bits per heavy atom. The van der Waals surface area contributed by atoms with Gasteiger partial charge in [0.05, 0.1) is 0 Å². The average molecular weight is 238 g/mol. The summed E-state index contributed by atoms with van der Waals surface area (Å²) in [5, 5.41) is 11.9. The highest BCUT2D eigenvalue weighted by Crippen LogP contribution is 2.12. The molecule has 94 valence electrons. The van der Waals surface area contributed by atoms with Crippen LogP contribution in [0.5, 0.6) is 0 Å². The SMILES string of the molecule is NCCCC[C@H](Nc1cc(N)ccn1)C(=O)O. The Balaban J connectivity index is 2.57. The number of unbranched alkanes of at least 4 members (excludes halogenated alkanes) is 1. The van der Waals surface area contributed by atoms with Crippen molar-refractivity contribution in [3.8, 4) is 0 Å². The lowest BCUT2D eigenvalue weighted by Crippen LogP contribution is -2.29. The summed E-state index contributed by atoms with van der Waals surface area (Å²) in [5.41, 5.74) is 11.5. The molecule has 0 saturated carbocycles. The van der Waals surface area contributed by atoms with Crippen LogP contribution in [0.2, 0.25) is 0 Å². The van der Waals surface area contributed by atoms with E-state index in [2.05, 4.69) is 10.3 Å². The molecule has 6 nitrogen and oxygen atoms in total. The third-order valence-electron chi connectivity index (χ3n) is 2.35. The molecule has 0 amide bonds. The van der Waals surface area contributed by atoms with Crippen LogP contribution in [-0.4, -0.2) is 28.6 Å². The van der Waals surface area contributed by atoms with E-state index in [1.807, 2.05) is 0 Å². The van der Waals surface area contributed by atoms with Crippen molar-refractivity contribution in [2.24, 2.45) is 5.73 Å². The lowest BCUT2D eigenvalue weighted by Gasteiger charge is -2.14. The molecule has 1 heterocycles. The molecule has 0 aromatic carbocycles. The maximum atomic E-state index is 11.0. The van der Waals surface area contributed by atoms with Crippen LogP contribution in [0.25, 0.3) is 0 Å². The summed E-state index contributed by atoms with van der Waals surface area (Å²) in [7, 11) is 0. The molecule has 0 radical (unpaired) electrons. The number of nitrogen functional groups attached to an aromatic ring is 1. The third kappa shape index (κ3) is 4.69. The minimum atomic E-state index is -0.897. The molecule has 6 heteroatoms. The Morgan fingerprint density at radius 3 is 2.88 bits per heavy atom. The molecule has 6 N–H and O–H groups in total. The van der Waals surface area contributed by atoms with E-state index >= 15 is 0 Å².